The highest BCUT2D eigenvalue weighted by atomic mass is 79.9. The van der Waals surface area contributed by atoms with Crippen molar-refractivity contribution in [3.8, 4) is 28.2 Å². The Labute approximate surface area is 197 Å². The average Bonchev–Trinajstić information content (AvgIpc) is 3.27. The normalized spacial score (nSPS) is 15.0. The number of halogens is 1. The number of fused-ring (bicyclic) bond motifs is 3. The van der Waals surface area contributed by atoms with Crippen LogP contribution in [0.2, 0.25) is 0 Å². The maximum atomic E-state index is 5.05. The third-order valence-electron chi connectivity index (χ3n) is 6.40. The summed E-state index contributed by atoms with van der Waals surface area (Å²) in [5.74, 6) is 0.938. The lowest BCUT2D eigenvalue weighted by atomic mass is 9.82. The molecule has 0 N–H and O–H groups in total. The highest BCUT2D eigenvalue weighted by Gasteiger charge is 2.36. The fourth-order valence-electron chi connectivity index (χ4n) is 4.81. The minimum atomic E-state index is -0.0790. The van der Waals surface area contributed by atoms with Crippen molar-refractivity contribution in [3.63, 3.8) is 0 Å². The number of imidazole rings is 1. The van der Waals surface area contributed by atoms with Crippen LogP contribution in [0.4, 0.5) is 0 Å². The summed E-state index contributed by atoms with van der Waals surface area (Å²) < 4.78 is 3.34. The van der Waals surface area contributed by atoms with Crippen molar-refractivity contribution >= 4 is 28.1 Å². The molecule has 0 amide bonds. The number of aromatic nitrogens is 2. The monoisotopic (exact) mass is 480 g/mol. The minimum absolute atomic E-state index is 0.0790. The van der Waals surface area contributed by atoms with E-state index >= 15 is 0 Å². The second-order valence-electron chi connectivity index (χ2n) is 8.64. The smallest absolute Gasteiger partial charge is 0.145 e. The van der Waals surface area contributed by atoms with Crippen LogP contribution in [-0.2, 0) is 5.41 Å². The lowest BCUT2D eigenvalue weighted by Crippen LogP contribution is -2.28. The van der Waals surface area contributed by atoms with Crippen molar-refractivity contribution in [2.45, 2.75) is 26.2 Å². The Hall–Kier alpha value is -3.17. The topological polar surface area (TPSA) is 17.8 Å². The van der Waals surface area contributed by atoms with Crippen molar-refractivity contribution < 1.29 is 0 Å². The molecule has 1 heterocycles. The molecule has 0 radical (unpaired) electrons. The molecule has 32 heavy (non-hydrogen) atoms. The van der Waals surface area contributed by atoms with Gasteiger partial charge in [0.25, 0.3) is 0 Å². The minimum Gasteiger partial charge on any atom is -0.292 e. The lowest BCUT2D eigenvalue weighted by Gasteiger charge is -2.22. The molecule has 1 aromatic heterocycles. The lowest BCUT2D eigenvalue weighted by molar-refractivity contribution is 0.660. The summed E-state index contributed by atoms with van der Waals surface area (Å²) in [6.07, 6.45) is 5.92. The molecule has 0 unspecified atom stereocenters. The maximum Gasteiger partial charge on any atom is 0.145 e. The Bertz CT molecular complexity index is 1470. The second-order valence-corrected chi connectivity index (χ2v) is 9.56. The zero-order valence-corrected chi connectivity index (χ0v) is 20.1. The van der Waals surface area contributed by atoms with Crippen molar-refractivity contribution in [1.29, 1.82) is 0 Å². The fraction of sp³-hybridized carbons (Fsp3) is 0.138. The number of nitrogens with zero attached hydrogens (tertiary/aromatic N) is 2. The molecule has 1 aliphatic carbocycles. The molecule has 5 rings (SSSR count). The van der Waals surface area contributed by atoms with Gasteiger partial charge in [-0.1, -0.05) is 84.9 Å². The van der Waals surface area contributed by atoms with E-state index in [4.69, 9.17) is 4.98 Å². The summed E-state index contributed by atoms with van der Waals surface area (Å²) >= 11 is 3.65. The highest BCUT2D eigenvalue weighted by Crippen LogP contribution is 2.50. The Morgan fingerprint density at radius 2 is 1.62 bits per heavy atom. The molecular formula is C29H25BrN2. The standard InChI is InChI=1S/C29H25BrN2/c1-5-10-27-26(6-2)31-28(32(27)21-11-8-7-9-12-21)19-13-15-22-23-16-14-20(30)18-25(23)29(3,4)24(22)17-19/h5-18H,1H2,2-4H3/b26-6+,27-10+. The quantitative estimate of drug-likeness (QED) is 0.332. The molecule has 0 bridgehead atoms. The van der Waals surface area contributed by atoms with Gasteiger partial charge >= 0.3 is 0 Å². The average molecular weight is 481 g/mol. The molecule has 0 spiro atoms. The van der Waals surface area contributed by atoms with Crippen LogP contribution < -0.4 is 10.7 Å². The van der Waals surface area contributed by atoms with Crippen LogP contribution in [0.5, 0.6) is 0 Å². The summed E-state index contributed by atoms with van der Waals surface area (Å²) in [6, 6.07) is 23.8. The Kier molecular flexibility index (Phi) is 5.02. The van der Waals surface area contributed by atoms with Gasteiger partial charge in [0.05, 0.1) is 10.7 Å². The number of para-hydroxylation sites is 1. The van der Waals surface area contributed by atoms with Crippen LogP contribution in [0, 0.1) is 0 Å². The van der Waals surface area contributed by atoms with E-state index in [-0.39, 0.29) is 5.41 Å². The first-order chi connectivity index (χ1) is 15.5. The first kappa shape index (κ1) is 20.7. The van der Waals surface area contributed by atoms with Crippen LogP contribution >= 0.6 is 15.9 Å². The Morgan fingerprint density at radius 3 is 2.31 bits per heavy atom. The van der Waals surface area contributed by atoms with Gasteiger partial charge in [0.15, 0.2) is 0 Å². The van der Waals surface area contributed by atoms with Crippen LogP contribution in [0.3, 0.4) is 0 Å². The van der Waals surface area contributed by atoms with E-state index in [9.17, 15) is 0 Å². The first-order valence-electron chi connectivity index (χ1n) is 10.8. The number of allylic oxidation sites excluding steroid dienone is 1. The molecule has 1 aliphatic rings. The van der Waals surface area contributed by atoms with Gasteiger partial charge in [-0.15, -0.1) is 0 Å². The van der Waals surface area contributed by atoms with Crippen LogP contribution in [-0.4, -0.2) is 9.55 Å². The Balaban J connectivity index is 1.79. The molecule has 0 aliphatic heterocycles. The number of hydrogen-bond acceptors (Lipinski definition) is 1. The maximum absolute atomic E-state index is 5.05. The predicted octanol–water partition coefficient (Wildman–Crippen LogP) is 6.38. The first-order valence-corrected chi connectivity index (χ1v) is 11.6. The van der Waals surface area contributed by atoms with Crippen molar-refractivity contribution in [2.75, 3.05) is 0 Å². The van der Waals surface area contributed by atoms with E-state index in [1.807, 2.05) is 25.1 Å². The summed E-state index contributed by atoms with van der Waals surface area (Å²) in [5.41, 5.74) is 7.43. The molecule has 0 saturated carbocycles. The van der Waals surface area contributed by atoms with Gasteiger partial charge in [-0.05, 0) is 65.6 Å². The zero-order valence-electron chi connectivity index (χ0n) is 18.6. The fourth-order valence-corrected chi connectivity index (χ4v) is 5.18. The molecule has 3 heteroatoms. The van der Waals surface area contributed by atoms with Crippen molar-refractivity contribution in [1.82, 2.24) is 9.55 Å². The van der Waals surface area contributed by atoms with E-state index < -0.39 is 0 Å². The molecule has 2 nitrogen and oxygen atoms in total. The second kappa shape index (κ2) is 7.75. The number of rotatable bonds is 3. The van der Waals surface area contributed by atoms with Crippen LogP contribution in [0.1, 0.15) is 31.9 Å². The summed E-state index contributed by atoms with van der Waals surface area (Å²) in [6.45, 7) is 10.6. The highest BCUT2D eigenvalue weighted by molar-refractivity contribution is 9.10. The molecule has 0 saturated heterocycles. The molecule has 158 valence electrons. The summed E-state index contributed by atoms with van der Waals surface area (Å²) in [4.78, 5) is 5.05. The van der Waals surface area contributed by atoms with E-state index in [2.05, 4.69) is 108 Å². The summed E-state index contributed by atoms with van der Waals surface area (Å²) in [7, 11) is 0. The van der Waals surface area contributed by atoms with Crippen LogP contribution in [0.15, 0.2) is 83.9 Å². The number of benzene rings is 3. The van der Waals surface area contributed by atoms with Gasteiger partial charge in [-0.3, -0.25) is 4.57 Å². The molecule has 0 fully saturated rings. The van der Waals surface area contributed by atoms with Gasteiger partial charge in [0.1, 0.15) is 5.82 Å². The van der Waals surface area contributed by atoms with Crippen molar-refractivity contribution in [2.24, 2.45) is 0 Å². The molecule has 0 atom stereocenters. The van der Waals surface area contributed by atoms with Gasteiger partial charge < -0.3 is 0 Å². The van der Waals surface area contributed by atoms with Crippen molar-refractivity contribution in [3.05, 3.63) is 106 Å². The van der Waals surface area contributed by atoms with Gasteiger partial charge in [0, 0.05) is 21.1 Å². The molecular weight excluding hydrogens is 456 g/mol. The molecule has 4 aromatic rings. The van der Waals surface area contributed by atoms with Gasteiger partial charge in [-0.25, -0.2) is 4.98 Å². The van der Waals surface area contributed by atoms with Gasteiger partial charge in [-0.2, -0.15) is 0 Å². The summed E-state index contributed by atoms with van der Waals surface area (Å²) in [5, 5.41) is 1.99. The molecule has 3 aromatic carbocycles. The van der Waals surface area contributed by atoms with E-state index in [0.717, 1.165) is 32.2 Å². The largest absolute Gasteiger partial charge is 0.292 e. The van der Waals surface area contributed by atoms with Crippen LogP contribution in [0.25, 0.3) is 40.4 Å². The third kappa shape index (κ3) is 3.11. The SMILES string of the molecule is C=C/C=c1\c(=C/C)nc(-c2ccc3c(c2)C(C)(C)c2cc(Br)ccc2-3)n1-c1ccccc1. The zero-order chi connectivity index (χ0) is 22.5. The third-order valence-corrected chi connectivity index (χ3v) is 6.89. The van der Waals surface area contributed by atoms with E-state index in [0.29, 0.717) is 0 Å². The Morgan fingerprint density at radius 1 is 0.938 bits per heavy atom. The van der Waals surface area contributed by atoms with E-state index in [1.54, 1.807) is 0 Å². The van der Waals surface area contributed by atoms with Gasteiger partial charge in [0.2, 0.25) is 0 Å². The number of hydrogen-bond donors (Lipinski definition) is 0. The predicted molar refractivity (Wildman–Crippen MR) is 138 cm³/mol. The van der Waals surface area contributed by atoms with E-state index in [1.165, 1.54) is 22.3 Å².